The van der Waals surface area contributed by atoms with Crippen molar-refractivity contribution in [2.24, 2.45) is 5.41 Å². The molecule has 1 aromatic carbocycles. The first-order valence-corrected chi connectivity index (χ1v) is 7.45. The van der Waals surface area contributed by atoms with Crippen LogP contribution in [0.25, 0.3) is 10.9 Å². The first-order valence-electron chi connectivity index (χ1n) is 7.45. The zero-order valence-electron chi connectivity index (χ0n) is 11.9. The fourth-order valence-corrected chi connectivity index (χ4v) is 3.27. The van der Waals surface area contributed by atoms with Crippen molar-refractivity contribution in [3.63, 3.8) is 0 Å². The van der Waals surface area contributed by atoms with Gasteiger partial charge in [0.1, 0.15) is 0 Å². The van der Waals surface area contributed by atoms with E-state index in [1.54, 1.807) is 0 Å². The summed E-state index contributed by atoms with van der Waals surface area (Å²) in [6, 6.07) is 7.73. The van der Waals surface area contributed by atoms with Crippen molar-refractivity contribution < 1.29 is 4.79 Å². The number of nitrogens with one attached hydrogen (secondary N) is 2. The molecule has 4 nitrogen and oxygen atoms in total. The molecule has 1 aromatic heterocycles. The van der Waals surface area contributed by atoms with Crippen molar-refractivity contribution in [2.75, 3.05) is 6.54 Å². The molecule has 1 aliphatic rings. The minimum absolute atomic E-state index is 0.0674. The van der Waals surface area contributed by atoms with Gasteiger partial charge in [0, 0.05) is 11.9 Å². The Labute approximate surface area is 119 Å². The summed E-state index contributed by atoms with van der Waals surface area (Å²) in [5, 5.41) is 11.0. The van der Waals surface area contributed by atoms with Crippen LogP contribution in [0.5, 0.6) is 0 Å². The number of hydrogen-bond acceptors (Lipinski definition) is 2. The van der Waals surface area contributed by atoms with Gasteiger partial charge in [0.05, 0.1) is 5.52 Å². The Kier molecular flexibility index (Phi) is 3.47. The fraction of sp³-hybridized carbons (Fsp3) is 0.500. The van der Waals surface area contributed by atoms with Crippen LogP contribution in [0.3, 0.4) is 0 Å². The molecule has 2 N–H and O–H groups in total. The third kappa shape index (κ3) is 2.30. The highest BCUT2D eigenvalue weighted by Crippen LogP contribution is 2.40. The summed E-state index contributed by atoms with van der Waals surface area (Å²) in [5.74, 6) is -0.0674. The molecule has 106 valence electrons. The highest BCUT2D eigenvalue weighted by molar-refractivity contribution is 6.04. The van der Waals surface area contributed by atoms with E-state index in [1.165, 1.54) is 25.7 Å². The highest BCUT2D eigenvalue weighted by atomic mass is 16.1. The summed E-state index contributed by atoms with van der Waals surface area (Å²) in [7, 11) is 0. The molecule has 1 aliphatic carbocycles. The van der Waals surface area contributed by atoms with Gasteiger partial charge in [0.25, 0.3) is 5.91 Å². The zero-order chi connectivity index (χ0) is 14.0. The van der Waals surface area contributed by atoms with Crippen LogP contribution in [0, 0.1) is 5.41 Å². The van der Waals surface area contributed by atoms with E-state index in [9.17, 15) is 4.79 Å². The number of fused-ring (bicyclic) bond motifs is 1. The topological polar surface area (TPSA) is 57.8 Å². The Balaban J connectivity index is 1.73. The number of amides is 1. The van der Waals surface area contributed by atoms with Gasteiger partial charge in [0.2, 0.25) is 0 Å². The van der Waals surface area contributed by atoms with Gasteiger partial charge in [-0.1, -0.05) is 38.0 Å². The lowest BCUT2D eigenvalue weighted by Gasteiger charge is -2.27. The first kappa shape index (κ1) is 13.2. The number of rotatable bonds is 4. The van der Waals surface area contributed by atoms with Gasteiger partial charge in [-0.2, -0.15) is 5.10 Å². The van der Waals surface area contributed by atoms with E-state index >= 15 is 0 Å². The molecular weight excluding hydrogens is 250 g/mol. The highest BCUT2D eigenvalue weighted by Gasteiger charge is 2.32. The average Bonchev–Trinajstić information content (AvgIpc) is 3.12. The van der Waals surface area contributed by atoms with E-state index in [-0.39, 0.29) is 5.91 Å². The van der Waals surface area contributed by atoms with Gasteiger partial charge in [-0.3, -0.25) is 9.89 Å². The molecule has 0 atom stereocenters. The average molecular weight is 271 g/mol. The number of benzene rings is 1. The van der Waals surface area contributed by atoms with Crippen molar-refractivity contribution in [1.29, 1.82) is 0 Å². The summed E-state index contributed by atoms with van der Waals surface area (Å²) in [4.78, 5) is 12.3. The minimum atomic E-state index is -0.0674. The predicted molar refractivity (Wildman–Crippen MR) is 79.6 cm³/mol. The quantitative estimate of drug-likeness (QED) is 0.896. The third-order valence-corrected chi connectivity index (χ3v) is 4.72. The number of hydrogen-bond donors (Lipinski definition) is 2. The van der Waals surface area contributed by atoms with Crippen molar-refractivity contribution in [3.05, 3.63) is 30.0 Å². The molecule has 2 aromatic rings. The maximum absolute atomic E-state index is 12.3. The number of nitrogens with zero attached hydrogens (tertiary/aromatic N) is 1. The molecule has 0 saturated heterocycles. The predicted octanol–water partition coefficient (Wildman–Crippen LogP) is 3.26. The summed E-state index contributed by atoms with van der Waals surface area (Å²) in [5.41, 5.74) is 1.72. The molecule has 20 heavy (non-hydrogen) atoms. The van der Waals surface area contributed by atoms with Crippen molar-refractivity contribution >= 4 is 16.8 Å². The summed E-state index contributed by atoms with van der Waals surface area (Å²) in [6.45, 7) is 2.99. The van der Waals surface area contributed by atoms with Crippen molar-refractivity contribution in [2.45, 2.75) is 39.0 Å². The maximum Gasteiger partial charge on any atom is 0.272 e. The Bertz CT molecular complexity index is 611. The maximum atomic E-state index is 12.3. The third-order valence-electron chi connectivity index (χ3n) is 4.72. The molecule has 4 heteroatoms. The monoisotopic (exact) mass is 271 g/mol. The van der Waals surface area contributed by atoms with Crippen LogP contribution in [-0.4, -0.2) is 22.6 Å². The van der Waals surface area contributed by atoms with E-state index in [0.717, 1.165) is 23.9 Å². The van der Waals surface area contributed by atoms with Crippen LogP contribution < -0.4 is 5.32 Å². The normalized spacial score (nSPS) is 17.4. The van der Waals surface area contributed by atoms with E-state index in [1.807, 2.05) is 24.3 Å². The minimum Gasteiger partial charge on any atom is -0.350 e. The van der Waals surface area contributed by atoms with Crippen LogP contribution >= 0.6 is 0 Å². The fourth-order valence-electron chi connectivity index (χ4n) is 3.27. The molecular formula is C16H21N3O. The van der Waals surface area contributed by atoms with Gasteiger partial charge in [-0.05, 0) is 30.7 Å². The van der Waals surface area contributed by atoms with Crippen LogP contribution in [-0.2, 0) is 0 Å². The van der Waals surface area contributed by atoms with E-state index < -0.39 is 0 Å². The zero-order valence-corrected chi connectivity index (χ0v) is 11.9. The Morgan fingerprint density at radius 3 is 2.85 bits per heavy atom. The van der Waals surface area contributed by atoms with Gasteiger partial charge in [-0.25, -0.2) is 0 Å². The van der Waals surface area contributed by atoms with E-state index in [2.05, 4.69) is 22.4 Å². The number of aromatic nitrogens is 2. The lowest BCUT2D eigenvalue weighted by molar-refractivity contribution is 0.0925. The molecule has 0 aliphatic heterocycles. The number of aromatic amines is 1. The lowest BCUT2D eigenvalue weighted by Crippen LogP contribution is -2.35. The van der Waals surface area contributed by atoms with Crippen molar-refractivity contribution in [3.8, 4) is 0 Å². The van der Waals surface area contributed by atoms with Gasteiger partial charge >= 0.3 is 0 Å². The second kappa shape index (κ2) is 5.27. The van der Waals surface area contributed by atoms with Gasteiger partial charge < -0.3 is 5.32 Å². The number of H-pyrrole nitrogens is 1. The van der Waals surface area contributed by atoms with Crippen LogP contribution in [0.15, 0.2) is 24.3 Å². The molecule has 1 amide bonds. The molecule has 0 unspecified atom stereocenters. The van der Waals surface area contributed by atoms with E-state index in [0.29, 0.717) is 11.1 Å². The Hall–Kier alpha value is -1.84. The smallest absolute Gasteiger partial charge is 0.272 e. The molecule has 1 heterocycles. The number of carbonyl (C=O) groups excluding carboxylic acids is 1. The van der Waals surface area contributed by atoms with Gasteiger partial charge in [-0.15, -0.1) is 0 Å². The number of para-hydroxylation sites is 1. The Morgan fingerprint density at radius 2 is 2.10 bits per heavy atom. The first-order chi connectivity index (χ1) is 9.74. The summed E-state index contributed by atoms with van der Waals surface area (Å²) in [6.07, 6.45) is 6.16. The summed E-state index contributed by atoms with van der Waals surface area (Å²) < 4.78 is 0. The van der Waals surface area contributed by atoms with E-state index in [4.69, 9.17) is 0 Å². The van der Waals surface area contributed by atoms with Crippen LogP contribution in [0.1, 0.15) is 49.5 Å². The standard InChI is InChI=1S/C16H21N3O/c1-2-16(9-5-6-10-16)11-17-15(20)14-12-7-3-4-8-13(12)18-19-14/h3-4,7-8H,2,5-6,9-11H2,1H3,(H,17,20)(H,18,19). The van der Waals surface area contributed by atoms with Gasteiger partial charge in [0.15, 0.2) is 5.69 Å². The second-order valence-electron chi connectivity index (χ2n) is 5.86. The lowest BCUT2D eigenvalue weighted by atomic mass is 9.83. The van der Waals surface area contributed by atoms with Crippen LogP contribution in [0.4, 0.5) is 0 Å². The summed E-state index contributed by atoms with van der Waals surface area (Å²) >= 11 is 0. The largest absolute Gasteiger partial charge is 0.350 e. The second-order valence-corrected chi connectivity index (χ2v) is 5.86. The molecule has 1 fully saturated rings. The molecule has 0 radical (unpaired) electrons. The SMILES string of the molecule is CCC1(CNC(=O)c2n[nH]c3ccccc23)CCCC1. The molecule has 1 saturated carbocycles. The molecule has 0 spiro atoms. The molecule has 0 bridgehead atoms. The Morgan fingerprint density at radius 1 is 1.35 bits per heavy atom. The van der Waals surface area contributed by atoms with Crippen molar-refractivity contribution in [1.82, 2.24) is 15.5 Å². The number of carbonyl (C=O) groups is 1. The molecule has 3 rings (SSSR count). The van der Waals surface area contributed by atoms with Crippen LogP contribution in [0.2, 0.25) is 0 Å².